The van der Waals surface area contributed by atoms with Gasteiger partial charge in [0.05, 0.1) is 12.3 Å². The Labute approximate surface area is 179 Å². The Hall–Kier alpha value is -1.51. The summed E-state index contributed by atoms with van der Waals surface area (Å²) in [5, 5.41) is 7.36. The highest BCUT2D eigenvalue weighted by atomic mass is 35.5. The van der Waals surface area contributed by atoms with Gasteiger partial charge in [-0.1, -0.05) is 18.5 Å². The Balaban J connectivity index is 1.85. The minimum atomic E-state index is -3.11. The van der Waals surface area contributed by atoms with Gasteiger partial charge in [0.1, 0.15) is 11.9 Å². The molecule has 2 N–H and O–H groups in total. The molecule has 1 aliphatic heterocycles. The maximum absolute atomic E-state index is 12.2. The van der Waals surface area contributed by atoms with E-state index in [2.05, 4.69) is 15.6 Å². The number of guanidine groups is 1. The van der Waals surface area contributed by atoms with Crippen molar-refractivity contribution in [1.29, 1.82) is 0 Å². The monoisotopic (exact) mass is 444 g/mol. The lowest BCUT2D eigenvalue weighted by molar-refractivity contribution is 0.230. The molecule has 1 aromatic rings. The van der Waals surface area contributed by atoms with Gasteiger partial charge in [-0.05, 0) is 57.4 Å². The van der Waals surface area contributed by atoms with E-state index < -0.39 is 10.0 Å². The lowest BCUT2D eigenvalue weighted by Crippen LogP contribution is -2.50. The van der Waals surface area contributed by atoms with Crippen molar-refractivity contribution < 1.29 is 13.2 Å². The van der Waals surface area contributed by atoms with Gasteiger partial charge >= 0.3 is 0 Å². The number of aliphatic imine (C=N–C) groups is 1. The summed E-state index contributed by atoms with van der Waals surface area (Å²) >= 11 is 5.90. The fourth-order valence-electron chi connectivity index (χ4n) is 3.18. The summed E-state index contributed by atoms with van der Waals surface area (Å²) in [5.41, 5.74) is 0. The third kappa shape index (κ3) is 8.03. The number of ether oxygens (including phenoxy) is 1. The number of halogens is 1. The van der Waals surface area contributed by atoms with Gasteiger partial charge in [-0.15, -0.1) is 0 Å². The van der Waals surface area contributed by atoms with Gasteiger partial charge in [0.2, 0.25) is 10.0 Å². The van der Waals surface area contributed by atoms with E-state index >= 15 is 0 Å². The van der Waals surface area contributed by atoms with E-state index in [1.54, 1.807) is 16.4 Å². The van der Waals surface area contributed by atoms with Crippen LogP contribution in [0.3, 0.4) is 0 Å². The number of piperidine rings is 1. The number of hydrogen-bond acceptors (Lipinski definition) is 4. The Kier molecular flexibility index (Phi) is 9.52. The third-order valence-electron chi connectivity index (χ3n) is 4.65. The van der Waals surface area contributed by atoms with Crippen molar-refractivity contribution in [3.05, 3.63) is 29.3 Å². The number of rotatable bonds is 9. The summed E-state index contributed by atoms with van der Waals surface area (Å²) in [6, 6.07) is 7.48. The molecule has 164 valence electrons. The summed E-state index contributed by atoms with van der Waals surface area (Å²) in [4.78, 5) is 4.63. The zero-order valence-corrected chi connectivity index (χ0v) is 19.1. The summed E-state index contributed by atoms with van der Waals surface area (Å²) < 4.78 is 31.9. The van der Waals surface area contributed by atoms with Crippen LogP contribution in [0.15, 0.2) is 29.3 Å². The van der Waals surface area contributed by atoms with Crippen LogP contribution in [0.4, 0.5) is 0 Å². The first-order valence-electron chi connectivity index (χ1n) is 10.3. The van der Waals surface area contributed by atoms with E-state index in [0.717, 1.165) is 31.1 Å². The predicted molar refractivity (Wildman–Crippen MR) is 119 cm³/mol. The summed E-state index contributed by atoms with van der Waals surface area (Å²) in [5.74, 6) is 1.71. The highest BCUT2D eigenvalue weighted by Gasteiger charge is 2.27. The molecule has 0 amide bonds. The number of nitrogens with zero attached hydrogens (tertiary/aromatic N) is 2. The van der Waals surface area contributed by atoms with Crippen molar-refractivity contribution in [2.45, 2.75) is 52.2 Å². The maximum Gasteiger partial charge on any atom is 0.214 e. The average molecular weight is 445 g/mol. The molecule has 1 aliphatic rings. The minimum Gasteiger partial charge on any atom is -0.489 e. The molecule has 1 unspecified atom stereocenters. The average Bonchev–Trinajstić information content (AvgIpc) is 2.68. The molecular weight excluding hydrogens is 412 g/mol. The molecule has 0 spiro atoms. The van der Waals surface area contributed by atoms with Crippen LogP contribution in [-0.2, 0) is 10.0 Å². The molecule has 29 heavy (non-hydrogen) atoms. The fraction of sp³-hybridized carbons (Fsp3) is 0.650. The molecule has 0 radical (unpaired) electrons. The molecule has 0 bridgehead atoms. The normalized spacial score (nSPS) is 17.7. The van der Waals surface area contributed by atoms with Crippen LogP contribution in [0.5, 0.6) is 5.75 Å². The van der Waals surface area contributed by atoms with Crippen LogP contribution in [0.25, 0.3) is 0 Å². The van der Waals surface area contributed by atoms with Gasteiger partial charge in [-0.25, -0.2) is 17.7 Å². The van der Waals surface area contributed by atoms with Gasteiger partial charge in [0.25, 0.3) is 0 Å². The Morgan fingerprint density at radius 2 is 1.93 bits per heavy atom. The maximum atomic E-state index is 12.2. The van der Waals surface area contributed by atoms with E-state index in [1.165, 1.54) is 0 Å². The van der Waals surface area contributed by atoms with Gasteiger partial charge in [0, 0.05) is 30.7 Å². The highest BCUT2D eigenvalue weighted by Crippen LogP contribution is 2.17. The first kappa shape index (κ1) is 23.8. The summed E-state index contributed by atoms with van der Waals surface area (Å²) in [7, 11) is -3.11. The molecule has 1 saturated heterocycles. The van der Waals surface area contributed by atoms with Crippen LogP contribution in [0, 0.1) is 0 Å². The molecule has 1 aromatic carbocycles. The quantitative estimate of drug-likeness (QED) is 0.452. The second-order valence-corrected chi connectivity index (χ2v) is 9.76. The summed E-state index contributed by atoms with van der Waals surface area (Å²) in [6.45, 7) is 8.24. The largest absolute Gasteiger partial charge is 0.489 e. The molecule has 0 aromatic heterocycles. The van der Waals surface area contributed by atoms with Crippen LogP contribution in [0.1, 0.15) is 40.0 Å². The molecule has 0 saturated carbocycles. The van der Waals surface area contributed by atoms with E-state index in [-0.39, 0.29) is 17.9 Å². The van der Waals surface area contributed by atoms with Crippen molar-refractivity contribution in [2.75, 3.05) is 31.9 Å². The molecule has 2 rings (SSSR count). The van der Waals surface area contributed by atoms with Crippen LogP contribution < -0.4 is 15.4 Å². The Bertz CT molecular complexity index is 747. The lowest BCUT2D eigenvalue weighted by Gasteiger charge is -2.32. The summed E-state index contributed by atoms with van der Waals surface area (Å²) in [6.07, 6.45) is 2.09. The van der Waals surface area contributed by atoms with Crippen LogP contribution in [0.2, 0.25) is 5.02 Å². The van der Waals surface area contributed by atoms with Crippen molar-refractivity contribution in [2.24, 2.45) is 4.99 Å². The Morgan fingerprint density at radius 3 is 2.52 bits per heavy atom. The second kappa shape index (κ2) is 11.6. The van der Waals surface area contributed by atoms with E-state index in [1.807, 2.05) is 32.9 Å². The molecule has 1 heterocycles. The predicted octanol–water partition coefficient (Wildman–Crippen LogP) is 2.87. The number of benzene rings is 1. The highest BCUT2D eigenvalue weighted by molar-refractivity contribution is 7.89. The Morgan fingerprint density at radius 1 is 1.28 bits per heavy atom. The standard InChI is InChI=1S/C20H33ClN4O3S/c1-4-14-29(26,27)25-12-10-18(11-13-25)24-20(22-5-2)23-15-16(3)28-19-8-6-17(21)7-9-19/h6-9,16,18H,4-5,10-15H2,1-3H3,(H2,22,23,24). The fourth-order valence-corrected chi connectivity index (χ4v) is 4.85. The third-order valence-corrected chi connectivity index (χ3v) is 6.98. The second-order valence-electron chi connectivity index (χ2n) is 7.24. The SMILES string of the molecule is CCCS(=O)(=O)N1CCC(NC(=NCC(C)Oc2ccc(Cl)cc2)NCC)CC1. The first-order valence-corrected chi connectivity index (χ1v) is 12.3. The lowest BCUT2D eigenvalue weighted by atomic mass is 10.1. The molecule has 0 aliphatic carbocycles. The van der Waals surface area contributed by atoms with Gasteiger partial charge < -0.3 is 15.4 Å². The van der Waals surface area contributed by atoms with E-state index in [4.69, 9.17) is 16.3 Å². The van der Waals surface area contributed by atoms with Crippen LogP contribution >= 0.6 is 11.6 Å². The number of sulfonamides is 1. The zero-order chi connectivity index (χ0) is 21.3. The zero-order valence-electron chi connectivity index (χ0n) is 17.5. The topological polar surface area (TPSA) is 83.0 Å². The number of hydrogen-bond donors (Lipinski definition) is 2. The van der Waals surface area contributed by atoms with E-state index in [9.17, 15) is 8.42 Å². The minimum absolute atomic E-state index is 0.0901. The van der Waals surface area contributed by atoms with Crippen molar-refractivity contribution >= 4 is 27.6 Å². The number of nitrogens with one attached hydrogen (secondary N) is 2. The molecule has 7 nitrogen and oxygen atoms in total. The van der Waals surface area contributed by atoms with Gasteiger partial charge in [0.15, 0.2) is 5.96 Å². The molecular formula is C20H33ClN4O3S. The van der Waals surface area contributed by atoms with Crippen molar-refractivity contribution in [3.63, 3.8) is 0 Å². The van der Waals surface area contributed by atoms with Crippen molar-refractivity contribution in [1.82, 2.24) is 14.9 Å². The van der Waals surface area contributed by atoms with E-state index in [0.29, 0.717) is 31.1 Å². The molecule has 1 atom stereocenters. The van der Waals surface area contributed by atoms with Crippen LogP contribution in [-0.4, -0.2) is 62.8 Å². The smallest absolute Gasteiger partial charge is 0.214 e. The van der Waals surface area contributed by atoms with Gasteiger partial charge in [-0.3, -0.25) is 0 Å². The van der Waals surface area contributed by atoms with Gasteiger partial charge in [-0.2, -0.15) is 0 Å². The molecule has 9 heteroatoms. The molecule has 1 fully saturated rings. The first-order chi connectivity index (χ1) is 13.8. The van der Waals surface area contributed by atoms with Crippen molar-refractivity contribution in [3.8, 4) is 5.75 Å².